The number of rotatable bonds is 6. The van der Waals surface area contributed by atoms with E-state index in [4.69, 9.17) is 22.2 Å². The summed E-state index contributed by atoms with van der Waals surface area (Å²) in [6.45, 7) is 3.38. The molecule has 0 fully saturated rings. The molecule has 0 radical (unpaired) electrons. The molecule has 3 N–H and O–H groups in total. The summed E-state index contributed by atoms with van der Waals surface area (Å²) in [5.74, 6) is 5.53. The lowest BCUT2D eigenvalue weighted by Crippen LogP contribution is -2.32. The number of nitrogens with two attached hydrogens (primary N) is 1. The molecule has 1 atom stereocenters. The molecule has 1 unspecified atom stereocenters. The zero-order valence-electron chi connectivity index (χ0n) is 9.17. The molecule has 0 spiro atoms. The van der Waals surface area contributed by atoms with Crippen molar-refractivity contribution in [2.24, 2.45) is 5.84 Å². The van der Waals surface area contributed by atoms with Crippen LogP contribution in [0.4, 0.5) is 0 Å². The molecule has 1 aromatic rings. The topological polar surface area (TPSA) is 47.3 Å². The summed E-state index contributed by atoms with van der Waals surface area (Å²) >= 11 is 8.23. The first-order valence-corrected chi connectivity index (χ1v) is 6.63. The number of hydrogen-bond donors (Lipinski definition) is 2. The first-order valence-electron chi connectivity index (χ1n) is 5.17. The second-order valence-corrected chi connectivity index (χ2v) is 5.06. The molecule has 16 heavy (non-hydrogen) atoms. The van der Waals surface area contributed by atoms with E-state index in [0.717, 1.165) is 22.2 Å². The quantitative estimate of drug-likeness (QED) is 0.357. The van der Waals surface area contributed by atoms with Gasteiger partial charge in [0.2, 0.25) is 0 Å². The van der Waals surface area contributed by atoms with E-state index in [0.29, 0.717) is 11.6 Å². The van der Waals surface area contributed by atoms with Crippen LogP contribution in [0.5, 0.6) is 0 Å². The van der Waals surface area contributed by atoms with Crippen molar-refractivity contribution in [3.05, 3.63) is 32.4 Å². The lowest BCUT2D eigenvalue weighted by molar-refractivity contribution is 0.112. The predicted molar refractivity (Wildman–Crippen MR) is 75.3 cm³/mol. The minimum Gasteiger partial charge on any atom is -0.379 e. The van der Waals surface area contributed by atoms with Crippen molar-refractivity contribution in [3.8, 4) is 0 Å². The maximum Gasteiger partial charge on any atom is 0.0704 e. The number of halogens is 2. The minimum absolute atomic E-state index is 0.0165. The Labute approximate surface area is 115 Å². The van der Waals surface area contributed by atoms with Crippen molar-refractivity contribution in [3.63, 3.8) is 0 Å². The Bertz CT molecular complexity index is 336. The van der Waals surface area contributed by atoms with Crippen LogP contribution in [0.2, 0.25) is 5.02 Å². The molecule has 0 amide bonds. The Morgan fingerprint density at radius 3 is 2.94 bits per heavy atom. The van der Waals surface area contributed by atoms with Gasteiger partial charge in [0, 0.05) is 15.2 Å². The fraction of sp³-hybridized carbons (Fsp3) is 0.455. The molecule has 0 saturated carbocycles. The molecular formula is C11H16ClIN2O. The molecule has 0 aromatic heterocycles. The summed E-state index contributed by atoms with van der Waals surface area (Å²) in [5, 5.41) is 0.714. The van der Waals surface area contributed by atoms with E-state index in [1.165, 1.54) is 0 Å². The average Bonchev–Trinajstić information content (AvgIpc) is 2.28. The Morgan fingerprint density at radius 1 is 1.56 bits per heavy atom. The Morgan fingerprint density at radius 2 is 2.31 bits per heavy atom. The maximum absolute atomic E-state index is 5.97. The molecule has 5 heteroatoms. The van der Waals surface area contributed by atoms with Gasteiger partial charge in [0.05, 0.1) is 12.6 Å². The van der Waals surface area contributed by atoms with Gasteiger partial charge in [-0.2, -0.15) is 0 Å². The molecule has 1 rings (SSSR count). The van der Waals surface area contributed by atoms with E-state index in [1.54, 1.807) is 0 Å². The standard InChI is InChI=1S/C11H16ClIN2O/c1-2-5-16-7-11(15-14)9-6-8(12)3-4-10(9)13/h3-4,6,11,15H,2,5,7,14H2,1H3. The van der Waals surface area contributed by atoms with Gasteiger partial charge in [-0.1, -0.05) is 18.5 Å². The van der Waals surface area contributed by atoms with Crippen LogP contribution in [0, 0.1) is 3.57 Å². The predicted octanol–water partition coefficient (Wildman–Crippen LogP) is 2.88. The zero-order chi connectivity index (χ0) is 12.0. The largest absolute Gasteiger partial charge is 0.379 e. The summed E-state index contributed by atoms with van der Waals surface area (Å²) in [6.07, 6.45) is 1.00. The van der Waals surface area contributed by atoms with Gasteiger partial charge < -0.3 is 4.74 Å². The first-order chi connectivity index (χ1) is 7.69. The molecular weight excluding hydrogens is 338 g/mol. The lowest BCUT2D eigenvalue weighted by Gasteiger charge is -2.18. The van der Waals surface area contributed by atoms with Crippen LogP contribution in [-0.4, -0.2) is 13.2 Å². The van der Waals surface area contributed by atoms with Crippen molar-refractivity contribution in [2.45, 2.75) is 19.4 Å². The molecule has 0 bridgehead atoms. The SMILES string of the molecule is CCCOCC(NN)c1cc(Cl)ccc1I. The van der Waals surface area contributed by atoms with Gasteiger partial charge in [-0.05, 0) is 52.8 Å². The van der Waals surface area contributed by atoms with Crippen molar-refractivity contribution in [1.82, 2.24) is 5.43 Å². The fourth-order valence-corrected chi connectivity index (χ4v) is 2.25. The van der Waals surface area contributed by atoms with Gasteiger partial charge in [-0.15, -0.1) is 0 Å². The zero-order valence-corrected chi connectivity index (χ0v) is 12.1. The summed E-state index contributed by atoms with van der Waals surface area (Å²) in [7, 11) is 0. The Kier molecular flexibility index (Phi) is 6.60. The summed E-state index contributed by atoms with van der Waals surface area (Å²) in [6, 6.07) is 5.75. The highest BCUT2D eigenvalue weighted by molar-refractivity contribution is 14.1. The van der Waals surface area contributed by atoms with Crippen LogP contribution in [0.1, 0.15) is 24.9 Å². The van der Waals surface area contributed by atoms with E-state index in [9.17, 15) is 0 Å². The molecule has 0 aliphatic carbocycles. The van der Waals surface area contributed by atoms with E-state index >= 15 is 0 Å². The summed E-state index contributed by atoms with van der Waals surface area (Å²) in [5.41, 5.74) is 3.83. The first kappa shape index (κ1) is 14.2. The van der Waals surface area contributed by atoms with Gasteiger partial charge in [0.25, 0.3) is 0 Å². The third kappa shape index (κ3) is 4.18. The molecule has 0 aliphatic heterocycles. The highest BCUT2D eigenvalue weighted by Gasteiger charge is 2.13. The molecule has 90 valence electrons. The van der Waals surface area contributed by atoms with Crippen LogP contribution in [0.25, 0.3) is 0 Å². The number of benzene rings is 1. The third-order valence-corrected chi connectivity index (χ3v) is 3.39. The second-order valence-electron chi connectivity index (χ2n) is 3.46. The summed E-state index contributed by atoms with van der Waals surface area (Å²) in [4.78, 5) is 0. The number of ether oxygens (including phenoxy) is 1. The van der Waals surface area contributed by atoms with Crippen LogP contribution < -0.4 is 11.3 Å². The molecule has 1 aromatic carbocycles. The van der Waals surface area contributed by atoms with Gasteiger partial charge in [0.15, 0.2) is 0 Å². The van der Waals surface area contributed by atoms with Crippen LogP contribution in [0.15, 0.2) is 18.2 Å². The third-order valence-electron chi connectivity index (χ3n) is 2.17. The monoisotopic (exact) mass is 354 g/mol. The molecule has 0 saturated heterocycles. The van der Waals surface area contributed by atoms with E-state index in [1.807, 2.05) is 18.2 Å². The number of nitrogens with one attached hydrogen (secondary N) is 1. The highest BCUT2D eigenvalue weighted by atomic mass is 127. The van der Waals surface area contributed by atoms with Crippen molar-refractivity contribution in [2.75, 3.05) is 13.2 Å². The number of hydrogen-bond acceptors (Lipinski definition) is 3. The molecule has 0 aliphatic rings. The Hall–Kier alpha value is 0.120. The van der Waals surface area contributed by atoms with Crippen molar-refractivity contribution < 1.29 is 4.74 Å². The van der Waals surface area contributed by atoms with Gasteiger partial charge in [-0.25, -0.2) is 0 Å². The minimum atomic E-state index is -0.0165. The highest BCUT2D eigenvalue weighted by Crippen LogP contribution is 2.23. The molecule has 3 nitrogen and oxygen atoms in total. The molecule has 0 heterocycles. The van der Waals surface area contributed by atoms with Crippen LogP contribution in [0.3, 0.4) is 0 Å². The summed E-state index contributed by atoms with van der Waals surface area (Å²) < 4.78 is 6.63. The Balaban J connectivity index is 2.73. The lowest BCUT2D eigenvalue weighted by atomic mass is 10.1. The van der Waals surface area contributed by atoms with Gasteiger partial charge in [-0.3, -0.25) is 11.3 Å². The van der Waals surface area contributed by atoms with Crippen molar-refractivity contribution in [1.29, 1.82) is 0 Å². The smallest absolute Gasteiger partial charge is 0.0704 e. The maximum atomic E-state index is 5.97. The number of hydrazine groups is 1. The van der Waals surface area contributed by atoms with Crippen LogP contribution >= 0.6 is 34.2 Å². The fourth-order valence-electron chi connectivity index (χ4n) is 1.35. The average molecular weight is 355 g/mol. The van der Waals surface area contributed by atoms with Crippen LogP contribution in [-0.2, 0) is 4.74 Å². The second kappa shape index (κ2) is 7.45. The van der Waals surface area contributed by atoms with E-state index in [-0.39, 0.29) is 6.04 Å². The van der Waals surface area contributed by atoms with Crippen molar-refractivity contribution >= 4 is 34.2 Å². The normalized spacial score (nSPS) is 12.8. The van der Waals surface area contributed by atoms with E-state index in [2.05, 4.69) is 34.9 Å². The van der Waals surface area contributed by atoms with E-state index < -0.39 is 0 Å². The van der Waals surface area contributed by atoms with Gasteiger partial charge in [0.1, 0.15) is 0 Å². The van der Waals surface area contributed by atoms with Gasteiger partial charge >= 0.3 is 0 Å².